The first kappa shape index (κ1) is 9.45. The standard InChI is InChI=1S/C11H10N2O2/c1-13-10(8-5-3-2-4-6-8)9(7-12-13)11(14)15/h2-7H,1H3,(H,14,15)/p-1. The van der Waals surface area contributed by atoms with Crippen LogP contribution in [0.3, 0.4) is 0 Å². The van der Waals surface area contributed by atoms with Crippen LogP contribution in [0.15, 0.2) is 36.5 Å². The predicted molar refractivity (Wildman–Crippen MR) is 53.0 cm³/mol. The van der Waals surface area contributed by atoms with Gasteiger partial charge in [-0.05, 0) is 0 Å². The fourth-order valence-electron chi connectivity index (χ4n) is 1.53. The van der Waals surface area contributed by atoms with Gasteiger partial charge in [-0.1, -0.05) is 30.3 Å². The number of aromatic carboxylic acids is 1. The molecule has 1 aromatic carbocycles. The summed E-state index contributed by atoms with van der Waals surface area (Å²) in [6.45, 7) is 0. The van der Waals surface area contributed by atoms with Crippen molar-refractivity contribution in [1.29, 1.82) is 0 Å². The Morgan fingerprint density at radius 1 is 1.33 bits per heavy atom. The van der Waals surface area contributed by atoms with Gasteiger partial charge >= 0.3 is 0 Å². The maximum atomic E-state index is 10.8. The first-order valence-electron chi connectivity index (χ1n) is 4.49. The van der Waals surface area contributed by atoms with Gasteiger partial charge in [-0.2, -0.15) is 5.10 Å². The molecule has 0 fully saturated rings. The number of hydrogen-bond acceptors (Lipinski definition) is 3. The van der Waals surface area contributed by atoms with E-state index >= 15 is 0 Å². The van der Waals surface area contributed by atoms with Gasteiger partial charge in [-0.15, -0.1) is 0 Å². The van der Waals surface area contributed by atoms with Crippen molar-refractivity contribution >= 4 is 5.97 Å². The Morgan fingerprint density at radius 3 is 2.60 bits per heavy atom. The van der Waals surface area contributed by atoms with Crippen LogP contribution in [-0.4, -0.2) is 15.7 Å². The molecule has 0 atom stereocenters. The van der Waals surface area contributed by atoms with Crippen LogP contribution in [0.4, 0.5) is 0 Å². The molecule has 76 valence electrons. The summed E-state index contributed by atoms with van der Waals surface area (Å²) in [6, 6.07) is 9.24. The van der Waals surface area contributed by atoms with Crippen LogP contribution < -0.4 is 5.11 Å². The van der Waals surface area contributed by atoms with E-state index < -0.39 is 5.97 Å². The molecular weight excluding hydrogens is 192 g/mol. The molecule has 0 spiro atoms. The normalized spacial score (nSPS) is 10.2. The van der Waals surface area contributed by atoms with Crippen molar-refractivity contribution in [3.8, 4) is 11.3 Å². The monoisotopic (exact) mass is 201 g/mol. The molecule has 1 aromatic heterocycles. The highest BCUT2D eigenvalue weighted by Gasteiger charge is 2.10. The third kappa shape index (κ3) is 1.61. The summed E-state index contributed by atoms with van der Waals surface area (Å²) in [5.41, 5.74) is 1.50. The van der Waals surface area contributed by atoms with Crippen molar-refractivity contribution in [2.45, 2.75) is 0 Å². The fourth-order valence-corrected chi connectivity index (χ4v) is 1.53. The zero-order valence-electron chi connectivity index (χ0n) is 8.18. The molecule has 0 radical (unpaired) electrons. The largest absolute Gasteiger partial charge is 0.545 e. The van der Waals surface area contributed by atoms with E-state index in [1.165, 1.54) is 10.9 Å². The fraction of sp³-hybridized carbons (Fsp3) is 0.0909. The average Bonchev–Trinajstić information content (AvgIpc) is 2.61. The second kappa shape index (κ2) is 3.57. The van der Waals surface area contributed by atoms with Crippen LogP contribution in [0.5, 0.6) is 0 Å². The molecule has 0 unspecified atom stereocenters. The summed E-state index contributed by atoms with van der Waals surface area (Å²) in [7, 11) is 1.70. The third-order valence-corrected chi connectivity index (χ3v) is 2.21. The van der Waals surface area contributed by atoms with Gasteiger partial charge in [-0.25, -0.2) is 0 Å². The zero-order chi connectivity index (χ0) is 10.8. The van der Waals surface area contributed by atoms with Crippen LogP contribution in [0, 0.1) is 0 Å². The van der Waals surface area contributed by atoms with E-state index in [1.807, 2.05) is 30.3 Å². The molecule has 15 heavy (non-hydrogen) atoms. The molecule has 0 saturated carbocycles. The summed E-state index contributed by atoms with van der Waals surface area (Å²) in [6.07, 6.45) is 1.30. The van der Waals surface area contributed by atoms with Crippen molar-refractivity contribution in [3.05, 3.63) is 42.1 Å². The highest BCUT2D eigenvalue weighted by molar-refractivity contribution is 5.93. The van der Waals surface area contributed by atoms with Crippen LogP contribution in [0.2, 0.25) is 0 Å². The Morgan fingerprint density at radius 2 is 2.00 bits per heavy atom. The molecule has 0 bridgehead atoms. The minimum absolute atomic E-state index is 0.115. The molecule has 0 aliphatic heterocycles. The van der Waals surface area contributed by atoms with Crippen molar-refractivity contribution in [1.82, 2.24) is 9.78 Å². The molecular formula is C11H9N2O2-. The Hall–Kier alpha value is -2.10. The molecule has 4 nitrogen and oxygen atoms in total. The molecule has 4 heteroatoms. The number of rotatable bonds is 2. The molecule has 0 amide bonds. The van der Waals surface area contributed by atoms with E-state index in [9.17, 15) is 9.90 Å². The quantitative estimate of drug-likeness (QED) is 0.708. The number of carbonyl (C=O) groups is 1. The van der Waals surface area contributed by atoms with E-state index in [1.54, 1.807) is 7.05 Å². The van der Waals surface area contributed by atoms with Gasteiger partial charge in [0.1, 0.15) is 0 Å². The van der Waals surface area contributed by atoms with Gasteiger partial charge < -0.3 is 9.90 Å². The van der Waals surface area contributed by atoms with Gasteiger partial charge in [0, 0.05) is 18.2 Å². The summed E-state index contributed by atoms with van der Waals surface area (Å²) >= 11 is 0. The van der Waals surface area contributed by atoms with E-state index in [-0.39, 0.29) is 5.56 Å². The Labute approximate surface area is 86.8 Å². The lowest BCUT2D eigenvalue weighted by Crippen LogP contribution is -2.22. The number of nitrogens with zero attached hydrogens (tertiary/aromatic N) is 2. The van der Waals surface area contributed by atoms with Crippen LogP contribution in [0.1, 0.15) is 10.4 Å². The number of carboxylic acids is 1. The summed E-state index contributed by atoms with van der Waals surface area (Å²) in [5.74, 6) is -1.21. The molecule has 2 rings (SSSR count). The van der Waals surface area contributed by atoms with E-state index in [0.717, 1.165) is 5.56 Å². The smallest absolute Gasteiger partial charge is 0.0769 e. The molecule has 0 aliphatic carbocycles. The number of benzene rings is 1. The average molecular weight is 201 g/mol. The van der Waals surface area contributed by atoms with Crippen molar-refractivity contribution in [3.63, 3.8) is 0 Å². The van der Waals surface area contributed by atoms with Gasteiger partial charge in [0.25, 0.3) is 0 Å². The lowest BCUT2D eigenvalue weighted by molar-refractivity contribution is -0.254. The van der Waals surface area contributed by atoms with Gasteiger partial charge in [0.15, 0.2) is 0 Å². The minimum Gasteiger partial charge on any atom is -0.545 e. The molecule has 1 heterocycles. The molecule has 0 N–H and O–H groups in total. The molecule has 2 aromatic rings. The number of aromatic nitrogens is 2. The van der Waals surface area contributed by atoms with E-state index in [2.05, 4.69) is 5.10 Å². The summed E-state index contributed by atoms with van der Waals surface area (Å²) < 4.78 is 1.53. The minimum atomic E-state index is -1.21. The maximum absolute atomic E-state index is 10.8. The SMILES string of the molecule is Cn1ncc(C(=O)[O-])c1-c1ccccc1. The lowest BCUT2D eigenvalue weighted by atomic mass is 10.1. The summed E-state index contributed by atoms with van der Waals surface area (Å²) in [5, 5.41) is 14.8. The Kier molecular flexibility index (Phi) is 2.25. The first-order chi connectivity index (χ1) is 7.20. The van der Waals surface area contributed by atoms with Crippen molar-refractivity contribution < 1.29 is 9.90 Å². The second-order valence-electron chi connectivity index (χ2n) is 3.18. The summed E-state index contributed by atoms with van der Waals surface area (Å²) in [4.78, 5) is 10.8. The topological polar surface area (TPSA) is 58.0 Å². The van der Waals surface area contributed by atoms with Gasteiger partial charge in [0.05, 0.1) is 17.9 Å². The van der Waals surface area contributed by atoms with E-state index in [4.69, 9.17) is 0 Å². The Bertz CT molecular complexity index is 489. The molecule has 0 saturated heterocycles. The maximum Gasteiger partial charge on any atom is 0.0769 e. The second-order valence-corrected chi connectivity index (χ2v) is 3.18. The predicted octanol–water partition coefficient (Wildman–Crippen LogP) is 0.451. The number of hydrogen-bond donors (Lipinski definition) is 0. The Balaban J connectivity index is 2.62. The van der Waals surface area contributed by atoms with Crippen LogP contribution in [0.25, 0.3) is 11.3 Å². The molecule has 0 aliphatic rings. The zero-order valence-corrected chi connectivity index (χ0v) is 8.18. The highest BCUT2D eigenvalue weighted by atomic mass is 16.4. The number of carboxylic acid groups (broad SMARTS) is 1. The van der Waals surface area contributed by atoms with Crippen molar-refractivity contribution in [2.24, 2.45) is 7.05 Å². The van der Waals surface area contributed by atoms with Gasteiger partial charge in [-0.3, -0.25) is 4.68 Å². The van der Waals surface area contributed by atoms with Crippen molar-refractivity contribution in [2.75, 3.05) is 0 Å². The van der Waals surface area contributed by atoms with E-state index in [0.29, 0.717) is 5.69 Å². The number of aryl methyl sites for hydroxylation is 1. The van der Waals surface area contributed by atoms with Crippen LogP contribution >= 0.6 is 0 Å². The first-order valence-corrected chi connectivity index (χ1v) is 4.49. The van der Waals surface area contributed by atoms with Gasteiger partial charge in [0.2, 0.25) is 0 Å². The number of carbonyl (C=O) groups excluding carboxylic acids is 1. The van der Waals surface area contributed by atoms with Crippen LogP contribution in [-0.2, 0) is 7.05 Å². The third-order valence-electron chi connectivity index (χ3n) is 2.21. The lowest BCUT2D eigenvalue weighted by Gasteiger charge is -2.06. The highest BCUT2D eigenvalue weighted by Crippen LogP contribution is 2.21.